The molecule has 1 fully saturated rings. The monoisotopic (exact) mass is 353 g/mol. The van der Waals surface area contributed by atoms with E-state index in [1.54, 1.807) is 41.3 Å². The Balaban J connectivity index is 1.63. The SMILES string of the molecule is O=C(O)c1ccc2cnn(-c3ccnc(NC4CCC(O)CC4)n3)c2c1. The third-order valence-electron chi connectivity index (χ3n) is 4.71. The van der Waals surface area contributed by atoms with E-state index in [1.165, 1.54) is 0 Å². The zero-order chi connectivity index (χ0) is 18.1. The number of rotatable bonds is 4. The van der Waals surface area contributed by atoms with E-state index >= 15 is 0 Å². The first-order chi connectivity index (χ1) is 12.6. The maximum Gasteiger partial charge on any atom is 0.335 e. The van der Waals surface area contributed by atoms with Crippen LogP contribution in [0.4, 0.5) is 5.95 Å². The van der Waals surface area contributed by atoms with Gasteiger partial charge >= 0.3 is 5.97 Å². The summed E-state index contributed by atoms with van der Waals surface area (Å²) in [6, 6.07) is 6.84. The highest BCUT2D eigenvalue weighted by Crippen LogP contribution is 2.22. The minimum Gasteiger partial charge on any atom is -0.478 e. The smallest absolute Gasteiger partial charge is 0.335 e. The lowest BCUT2D eigenvalue weighted by Gasteiger charge is -2.26. The number of aliphatic hydroxyl groups is 1. The van der Waals surface area contributed by atoms with Crippen molar-refractivity contribution >= 4 is 22.8 Å². The Kier molecular flexibility index (Phi) is 4.26. The van der Waals surface area contributed by atoms with Gasteiger partial charge in [-0.1, -0.05) is 6.07 Å². The fourth-order valence-electron chi connectivity index (χ4n) is 3.27. The fraction of sp³-hybridized carbons (Fsp3) is 0.333. The van der Waals surface area contributed by atoms with Crippen molar-refractivity contribution in [1.29, 1.82) is 0 Å². The molecule has 0 saturated heterocycles. The van der Waals surface area contributed by atoms with E-state index in [-0.39, 0.29) is 17.7 Å². The van der Waals surface area contributed by atoms with Gasteiger partial charge in [-0.15, -0.1) is 0 Å². The van der Waals surface area contributed by atoms with E-state index in [2.05, 4.69) is 20.4 Å². The maximum atomic E-state index is 11.2. The number of fused-ring (bicyclic) bond motifs is 1. The van der Waals surface area contributed by atoms with Gasteiger partial charge in [-0.3, -0.25) is 0 Å². The fourth-order valence-corrected chi connectivity index (χ4v) is 3.27. The van der Waals surface area contributed by atoms with Gasteiger partial charge in [0.05, 0.1) is 23.4 Å². The number of benzene rings is 1. The van der Waals surface area contributed by atoms with E-state index < -0.39 is 5.97 Å². The first-order valence-electron chi connectivity index (χ1n) is 8.59. The van der Waals surface area contributed by atoms with Crippen molar-refractivity contribution in [2.75, 3.05) is 5.32 Å². The van der Waals surface area contributed by atoms with Gasteiger partial charge in [0, 0.05) is 23.7 Å². The number of carbonyl (C=O) groups is 1. The molecule has 8 nitrogen and oxygen atoms in total. The number of hydrogen-bond acceptors (Lipinski definition) is 6. The first-order valence-corrected chi connectivity index (χ1v) is 8.59. The predicted molar refractivity (Wildman–Crippen MR) is 95.5 cm³/mol. The predicted octanol–water partition coefficient (Wildman–Crippen LogP) is 2.23. The van der Waals surface area contributed by atoms with Crippen molar-refractivity contribution in [3.8, 4) is 5.82 Å². The van der Waals surface area contributed by atoms with Gasteiger partial charge in [0.25, 0.3) is 0 Å². The lowest BCUT2D eigenvalue weighted by molar-refractivity contribution is 0.0697. The highest BCUT2D eigenvalue weighted by atomic mass is 16.4. The second-order valence-electron chi connectivity index (χ2n) is 6.52. The molecule has 0 atom stereocenters. The second kappa shape index (κ2) is 6.72. The van der Waals surface area contributed by atoms with Crippen LogP contribution in [0.3, 0.4) is 0 Å². The van der Waals surface area contributed by atoms with E-state index in [0.29, 0.717) is 17.3 Å². The number of nitrogens with one attached hydrogen (secondary N) is 1. The summed E-state index contributed by atoms with van der Waals surface area (Å²) in [5, 5.41) is 27.3. The summed E-state index contributed by atoms with van der Waals surface area (Å²) in [6.07, 6.45) is 6.43. The molecule has 0 aliphatic heterocycles. The van der Waals surface area contributed by atoms with Gasteiger partial charge in [0.2, 0.25) is 5.95 Å². The van der Waals surface area contributed by atoms with Gasteiger partial charge < -0.3 is 15.5 Å². The molecule has 1 aliphatic carbocycles. The summed E-state index contributed by atoms with van der Waals surface area (Å²) in [7, 11) is 0. The summed E-state index contributed by atoms with van der Waals surface area (Å²) in [6.45, 7) is 0. The molecule has 2 heterocycles. The molecule has 1 aliphatic rings. The largest absolute Gasteiger partial charge is 0.478 e. The molecule has 1 saturated carbocycles. The average molecular weight is 353 g/mol. The van der Waals surface area contributed by atoms with E-state index in [4.69, 9.17) is 0 Å². The van der Waals surface area contributed by atoms with Crippen LogP contribution >= 0.6 is 0 Å². The summed E-state index contributed by atoms with van der Waals surface area (Å²) in [5.74, 6) is 0.0852. The van der Waals surface area contributed by atoms with Gasteiger partial charge in [-0.25, -0.2) is 14.5 Å². The van der Waals surface area contributed by atoms with Crippen LogP contribution in [0.15, 0.2) is 36.7 Å². The molecule has 3 N–H and O–H groups in total. The van der Waals surface area contributed by atoms with Crippen molar-refractivity contribution in [3.63, 3.8) is 0 Å². The number of carboxylic acid groups (broad SMARTS) is 1. The van der Waals surface area contributed by atoms with Crippen LogP contribution in [0.2, 0.25) is 0 Å². The molecular formula is C18H19N5O3. The summed E-state index contributed by atoms with van der Waals surface area (Å²) >= 11 is 0. The molecule has 2 aromatic heterocycles. The van der Waals surface area contributed by atoms with Crippen LogP contribution in [-0.4, -0.2) is 48.1 Å². The summed E-state index contributed by atoms with van der Waals surface area (Å²) < 4.78 is 1.61. The third kappa shape index (κ3) is 3.23. The van der Waals surface area contributed by atoms with E-state index in [9.17, 15) is 15.0 Å². The number of aliphatic hydroxyl groups excluding tert-OH is 1. The number of aromatic nitrogens is 4. The van der Waals surface area contributed by atoms with Gasteiger partial charge in [-0.2, -0.15) is 10.1 Å². The molecule has 8 heteroatoms. The first kappa shape index (κ1) is 16.5. The Labute approximate surface area is 149 Å². The molecule has 26 heavy (non-hydrogen) atoms. The lowest BCUT2D eigenvalue weighted by atomic mass is 9.93. The van der Waals surface area contributed by atoms with Crippen LogP contribution in [0.5, 0.6) is 0 Å². The molecule has 0 radical (unpaired) electrons. The average Bonchev–Trinajstić information content (AvgIpc) is 3.07. The summed E-state index contributed by atoms with van der Waals surface area (Å²) in [4.78, 5) is 20.0. The van der Waals surface area contributed by atoms with Gasteiger partial charge in [0.15, 0.2) is 5.82 Å². The van der Waals surface area contributed by atoms with Crippen molar-refractivity contribution in [2.24, 2.45) is 0 Å². The zero-order valence-corrected chi connectivity index (χ0v) is 14.0. The molecular weight excluding hydrogens is 334 g/mol. The van der Waals surface area contributed by atoms with Gasteiger partial charge in [0.1, 0.15) is 0 Å². The maximum absolute atomic E-state index is 11.2. The van der Waals surface area contributed by atoms with Crippen LogP contribution in [-0.2, 0) is 0 Å². The number of aromatic carboxylic acids is 1. The third-order valence-corrected chi connectivity index (χ3v) is 4.71. The zero-order valence-electron chi connectivity index (χ0n) is 14.0. The molecule has 0 spiro atoms. The topological polar surface area (TPSA) is 113 Å². The van der Waals surface area contributed by atoms with Crippen molar-refractivity contribution in [3.05, 3.63) is 42.2 Å². The van der Waals surface area contributed by atoms with Crippen molar-refractivity contribution in [1.82, 2.24) is 19.7 Å². The number of carboxylic acids is 1. The summed E-state index contributed by atoms with van der Waals surface area (Å²) in [5.41, 5.74) is 0.878. The van der Waals surface area contributed by atoms with Crippen molar-refractivity contribution in [2.45, 2.75) is 37.8 Å². The molecule has 134 valence electrons. The normalized spacial score (nSPS) is 20.2. The Bertz CT molecular complexity index is 947. The Hall–Kier alpha value is -3.00. The molecule has 0 unspecified atom stereocenters. The standard InChI is InChI=1S/C18H19N5O3/c24-14-5-3-13(4-6-14)21-18-19-8-7-16(22-18)23-15-9-11(17(25)26)1-2-12(15)10-20-23/h1-2,7-10,13-14,24H,3-6H2,(H,25,26)(H,19,21,22). The van der Waals surface area contributed by atoms with E-state index in [0.717, 1.165) is 31.1 Å². The van der Waals surface area contributed by atoms with E-state index in [1.807, 2.05) is 0 Å². The lowest BCUT2D eigenvalue weighted by Crippen LogP contribution is -2.29. The quantitative estimate of drug-likeness (QED) is 0.659. The molecule has 0 bridgehead atoms. The second-order valence-corrected chi connectivity index (χ2v) is 6.52. The van der Waals surface area contributed by atoms with Crippen LogP contribution in [0.1, 0.15) is 36.0 Å². The minimum atomic E-state index is -0.982. The Morgan fingerprint density at radius 1 is 1.19 bits per heavy atom. The molecule has 0 amide bonds. The highest BCUT2D eigenvalue weighted by Gasteiger charge is 2.20. The molecule has 4 rings (SSSR count). The number of nitrogens with zero attached hydrogens (tertiary/aromatic N) is 4. The van der Waals surface area contributed by atoms with Crippen LogP contribution < -0.4 is 5.32 Å². The van der Waals surface area contributed by atoms with Crippen LogP contribution in [0.25, 0.3) is 16.7 Å². The van der Waals surface area contributed by atoms with Crippen LogP contribution in [0, 0.1) is 0 Å². The highest BCUT2D eigenvalue weighted by molar-refractivity contribution is 5.93. The number of anilines is 1. The molecule has 1 aromatic carbocycles. The number of hydrogen-bond donors (Lipinski definition) is 3. The van der Waals surface area contributed by atoms with Gasteiger partial charge in [-0.05, 0) is 37.8 Å². The molecule has 3 aromatic rings. The Morgan fingerprint density at radius 2 is 2.00 bits per heavy atom. The Morgan fingerprint density at radius 3 is 2.77 bits per heavy atom. The van der Waals surface area contributed by atoms with Crippen molar-refractivity contribution < 1.29 is 15.0 Å². The minimum absolute atomic E-state index is 0.201.